The highest BCUT2D eigenvalue weighted by atomic mass is 32.2. The molecular weight excluding hydrogens is 308 g/mol. The number of rotatable bonds is 5. The molecule has 1 aromatic carbocycles. The van der Waals surface area contributed by atoms with Crippen LogP contribution in [-0.2, 0) is 19.6 Å². The summed E-state index contributed by atoms with van der Waals surface area (Å²) in [4.78, 5) is 10.3. The Morgan fingerprint density at radius 3 is 2.57 bits per heavy atom. The zero-order chi connectivity index (χ0) is 15.8. The summed E-state index contributed by atoms with van der Waals surface area (Å²) in [5.41, 5.74) is -1.63. The van der Waals surface area contributed by atoms with Gasteiger partial charge in [0.1, 0.15) is 4.90 Å². The quantitative estimate of drug-likeness (QED) is 0.868. The zero-order valence-electron chi connectivity index (χ0n) is 11.0. The number of carboxylic acids is 1. The molecule has 1 saturated heterocycles. The molecule has 21 heavy (non-hydrogen) atoms. The van der Waals surface area contributed by atoms with Gasteiger partial charge in [-0.2, -0.15) is 4.31 Å². The van der Waals surface area contributed by atoms with Crippen molar-refractivity contribution in [1.29, 1.82) is 0 Å². The predicted molar refractivity (Wildman–Crippen MR) is 67.1 cm³/mol. The lowest BCUT2D eigenvalue weighted by Gasteiger charge is -2.45. The Morgan fingerprint density at radius 1 is 1.43 bits per heavy atom. The number of hydrogen-bond acceptors (Lipinski definition) is 4. The highest BCUT2D eigenvalue weighted by Crippen LogP contribution is 2.32. The minimum absolute atomic E-state index is 0.0918. The van der Waals surface area contributed by atoms with E-state index in [4.69, 9.17) is 9.84 Å². The van der Waals surface area contributed by atoms with E-state index in [2.05, 4.69) is 0 Å². The molecule has 1 aliphatic heterocycles. The first-order chi connectivity index (χ1) is 9.74. The fourth-order valence-electron chi connectivity index (χ4n) is 2.08. The molecule has 9 heteroatoms. The van der Waals surface area contributed by atoms with Crippen molar-refractivity contribution in [3.8, 4) is 0 Å². The van der Waals surface area contributed by atoms with Gasteiger partial charge in [-0.3, -0.25) is 0 Å². The number of carboxylic acid groups (broad SMARTS) is 1. The summed E-state index contributed by atoms with van der Waals surface area (Å²) < 4.78 is 56.9. The van der Waals surface area contributed by atoms with E-state index in [1.54, 1.807) is 6.92 Å². The first-order valence-corrected chi connectivity index (χ1v) is 7.50. The van der Waals surface area contributed by atoms with E-state index in [1.807, 2.05) is 0 Å². The van der Waals surface area contributed by atoms with Crippen LogP contribution >= 0.6 is 0 Å². The fraction of sp³-hybridized carbons (Fsp3) is 0.417. The highest BCUT2D eigenvalue weighted by molar-refractivity contribution is 7.89. The van der Waals surface area contributed by atoms with Crippen LogP contribution in [0.4, 0.5) is 8.78 Å². The van der Waals surface area contributed by atoms with Crippen LogP contribution in [0.5, 0.6) is 0 Å². The Bertz CT molecular complexity index is 670. The van der Waals surface area contributed by atoms with Crippen molar-refractivity contribution in [2.24, 2.45) is 0 Å². The van der Waals surface area contributed by atoms with Crippen molar-refractivity contribution < 1.29 is 31.8 Å². The summed E-state index contributed by atoms with van der Waals surface area (Å²) in [7, 11) is -4.30. The molecule has 1 N–H and O–H groups in total. The topological polar surface area (TPSA) is 83.9 Å². The molecule has 0 spiro atoms. The molecule has 0 saturated carbocycles. The molecule has 0 atom stereocenters. The minimum atomic E-state index is -4.30. The lowest BCUT2D eigenvalue weighted by molar-refractivity contribution is -0.181. The average molecular weight is 321 g/mol. The summed E-state index contributed by atoms with van der Waals surface area (Å²) in [6.45, 7) is 0.769. The second-order valence-electron chi connectivity index (χ2n) is 4.56. The van der Waals surface area contributed by atoms with E-state index >= 15 is 0 Å². The monoisotopic (exact) mass is 321 g/mol. The first-order valence-electron chi connectivity index (χ1n) is 6.06. The van der Waals surface area contributed by atoms with Gasteiger partial charge in [0.25, 0.3) is 0 Å². The van der Waals surface area contributed by atoms with Gasteiger partial charge in [-0.15, -0.1) is 0 Å². The van der Waals surface area contributed by atoms with E-state index in [-0.39, 0.29) is 6.61 Å². The van der Waals surface area contributed by atoms with Crippen LogP contribution in [0.15, 0.2) is 23.1 Å². The lowest BCUT2D eigenvalue weighted by Crippen LogP contribution is -2.68. The van der Waals surface area contributed by atoms with Crippen molar-refractivity contribution >= 4 is 16.0 Å². The number of benzene rings is 1. The fourth-order valence-corrected chi connectivity index (χ4v) is 3.69. The van der Waals surface area contributed by atoms with Gasteiger partial charge in [0.15, 0.2) is 17.2 Å². The average Bonchev–Trinajstić information content (AvgIpc) is 2.35. The van der Waals surface area contributed by atoms with Crippen molar-refractivity contribution in [1.82, 2.24) is 4.31 Å². The molecule has 1 aliphatic rings. The van der Waals surface area contributed by atoms with Crippen molar-refractivity contribution in [3.63, 3.8) is 0 Å². The van der Waals surface area contributed by atoms with Gasteiger partial charge in [-0.05, 0) is 19.1 Å². The molecule has 2 rings (SSSR count). The van der Waals surface area contributed by atoms with Crippen LogP contribution < -0.4 is 0 Å². The maximum Gasteiger partial charge on any atom is 0.338 e. The van der Waals surface area contributed by atoms with Crippen LogP contribution in [0.3, 0.4) is 0 Å². The molecule has 0 amide bonds. The van der Waals surface area contributed by atoms with E-state index in [0.29, 0.717) is 0 Å². The van der Waals surface area contributed by atoms with Gasteiger partial charge in [0.05, 0.1) is 13.1 Å². The zero-order valence-corrected chi connectivity index (χ0v) is 11.9. The van der Waals surface area contributed by atoms with Gasteiger partial charge >= 0.3 is 5.97 Å². The molecular formula is C12H13F2NO5S. The molecule has 0 radical (unpaired) electrons. The molecule has 0 bridgehead atoms. The number of ether oxygens (including phenoxy) is 1. The smallest absolute Gasteiger partial charge is 0.338 e. The van der Waals surface area contributed by atoms with E-state index < -0.39 is 51.2 Å². The third kappa shape index (κ3) is 2.52. The largest absolute Gasteiger partial charge is 0.479 e. The van der Waals surface area contributed by atoms with Crippen LogP contribution in [0.2, 0.25) is 0 Å². The number of halogens is 2. The number of hydrogen-bond donors (Lipinski definition) is 1. The third-order valence-electron chi connectivity index (χ3n) is 3.21. The summed E-state index contributed by atoms with van der Waals surface area (Å²) >= 11 is 0. The Kier molecular flexibility index (Phi) is 4.00. The second kappa shape index (κ2) is 5.32. The summed E-state index contributed by atoms with van der Waals surface area (Å²) in [5.74, 6) is -4.07. The SMILES string of the molecule is CCOC1(C(=O)O)CN(S(=O)(=O)c2cccc(F)c2F)C1. The maximum atomic E-state index is 13.6. The number of aliphatic carboxylic acids is 1. The number of sulfonamides is 1. The van der Waals surface area contributed by atoms with Gasteiger partial charge < -0.3 is 9.84 Å². The van der Waals surface area contributed by atoms with Gasteiger partial charge in [-0.1, -0.05) is 6.07 Å². The Balaban J connectivity index is 2.28. The summed E-state index contributed by atoms with van der Waals surface area (Å²) in [5, 5.41) is 9.09. The molecule has 1 fully saturated rings. The third-order valence-corrected chi connectivity index (χ3v) is 5.02. The first kappa shape index (κ1) is 15.8. The van der Waals surface area contributed by atoms with Crippen LogP contribution in [0.1, 0.15) is 6.92 Å². The number of nitrogens with zero attached hydrogens (tertiary/aromatic N) is 1. The Labute approximate surface area is 120 Å². The molecule has 0 aromatic heterocycles. The molecule has 1 heterocycles. The van der Waals surface area contributed by atoms with Crippen LogP contribution in [-0.4, -0.2) is 49.1 Å². The van der Waals surface area contributed by atoms with Gasteiger partial charge in [0.2, 0.25) is 10.0 Å². The summed E-state index contributed by atoms with van der Waals surface area (Å²) in [6.07, 6.45) is 0. The standard InChI is InChI=1S/C12H13F2NO5S/c1-2-20-12(11(16)17)6-15(7-12)21(18,19)9-5-3-4-8(13)10(9)14/h3-5H,2,6-7H2,1H3,(H,16,17). The molecule has 116 valence electrons. The molecule has 6 nitrogen and oxygen atoms in total. The normalized spacial score (nSPS) is 18.2. The highest BCUT2D eigenvalue weighted by Gasteiger charge is 2.55. The van der Waals surface area contributed by atoms with E-state index in [0.717, 1.165) is 22.5 Å². The van der Waals surface area contributed by atoms with E-state index in [1.165, 1.54) is 0 Å². The van der Waals surface area contributed by atoms with Crippen LogP contribution in [0.25, 0.3) is 0 Å². The van der Waals surface area contributed by atoms with Crippen molar-refractivity contribution in [2.45, 2.75) is 17.4 Å². The van der Waals surface area contributed by atoms with Crippen molar-refractivity contribution in [2.75, 3.05) is 19.7 Å². The molecule has 1 aromatic rings. The molecule has 0 unspecified atom stereocenters. The Hall–Kier alpha value is -1.58. The van der Waals surface area contributed by atoms with E-state index in [9.17, 15) is 22.0 Å². The predicted octanol–water partition coefficient (Wildman–Crippen LogP) is 0.829. The van der Waals surface area contributed by atoms with Gasteiger partial charge in [0, 0.05) is 6.61 Å². The Morgan fingerprint density at radius 2 is 2.05 bits per heavy atom. The molecule has 0 aliphatic carbocycles. The van der Waals surface area contributed by atoms with Crippen LogP contribution in [0, 0.1) is 11.6 Å². The minimum Gasteiger partial charge on any atom is -0.479 e. The maximum absolute atomic E-state index is 13.6. The van der Waals surface area contributed by atoms with Crippen molar-refractivity contribution in [3.05, 3.63) is 29.8 Å². The van der Waals surface area contributed by atoms with Gasteiger partial charge in [-0.25, -0.2) is 22.0 Å². The summed E-state index contributed by atoms with van der Waals surface area (Å²) in [6, 6.07) is 2.79. The lowest BCUT2D eigenvalue weighted by atomic mass is 9.97. The number of carbonyl (C=O) groups is 1. The second-order valence-corrected chi connectivity index (χ2v) is 6.46.